The van der Waals surface area contributed by atoms with Crippen LogP contribution in [-0.4, -0.2) is 33.7 Å². The zero-order valence-corrected chi connectivity index (χ0v) is 16.1. The summed E-state index contributed by atoms with van der Waals surface area (Å²) in [6, 6.07) is 14.3. The van der Waals surface area contributed by atoms with Crippen LogP contribution in [0.2, 0.25) is 0 Å². The van der Waals surface area contributed by atoms with Crippen molar-refractivity contribution < 1.29 is 4.74 Å². The molecule has 4 aromatic rings. The Morgan fingerprint density at radius 2 is 1.86 bits per heavy atom. The van der Waals surface area contributed by atoms with E-state index in [2.05, 4.69) is 56.6 Å². The third-order valence-electron chi connectivity index (χ3n) is 5.54. The van der Waals surface area contributed by atoms with E-state index in [0.29, 0.717) is 5.92 Å². The Labute approximate surface area is 163 Å². The number of hydrogen-bond acceptors (Lipinski definition) is 5. The van der Waals surface area contributed by atoms with Crippen LogP contribution in [0, 0.1) is 0 Å². The first-order valence-electron chi connectivity index (χ1n) is 9.35. The Hall–Kier alpha value is -3.41. The van der Waals surface area contributed by atoms with Crippen molar-refractivity contribution in [2.45, 2.75) is 19.3 Å². The van der Waals surface area contributed by atoms with E-state index >= 15 is 0 Å². The zero-order chi connectivity index (χ0) is 19.3. The normalized spacial score (nSPS) is 15.8. The van der Waals surface area contributed by atoms with Gasteiger partial charge in [-0.05, 0) is 48.2 Å². The van der Waals surface area contributed by atoms with Crippen LogP contribution < -0.4 is 9.64 Å². The Balaban J connectivity index is 1.71. The number of anilines is 2. The molecule has 0 fully saturated rings. The maximum absolute atomic E-state index is 5.45. The van der Waals surface area contributed by atoms with Crippen molar-refractivity contribution in [1.82, 2.24) is 19.5 Å². The monoisotopic (exact) mass is 371 g/mol. The molecule has 0 saturated heterocycles. The maximum Gasteiger partial charge on any atom is 0.147 e. The molecule has 0 aliphatic carbocycles. The number of benzene rings is 2. The number of fused-ring (bicyclic) bond motifs is 3. The minimum absolute atomic E-state index is 0.299. The maximum atomic E-state index is 5.45. The fourth-order valence-electron chi connectivity index (χ4n) is 4.09. The molecular formula is C22H21N5O. The summed E-state index contributed by atoms with van der Waals surface area (Å²) in [5, 5.41) is 0. The number of imidazole rings is 1. The average molecular weight is 371 g/mol. The van der Waals surface area contributed by atoms with Crippen LogP contribution in [-0.2, 0) is 6.42 Å². The van der Waals surface area contributed by atoms with E-state index in [-0.39, 0.29) is 0 Å². The van der Waals surface area contributed by atoms with Gasteiger partial charge in [0.05, 0.1) is 18.1 Å². The summed E-state index contributed by atoms with van der Waals surface area (Å²) in [6.07, 6.45) is 4.32. The van der Waals surface area contributed by atoms with E-state index in [1.165, 1.54) is 5.56 Å². The van der Waals surface area contributed by atoms with Crippen molar-refractivity contribution in [2.75, 3.05) is 19.1 Å². The molecule has 5 rings (SSSR count). The molecule has 0 amide bonds. The second kappa shape index (κ2) is 6.34. The Kier molecular flexibility index (Phi) is 3.79. The fourth-order valence-corrected chi connectivity index (χ4v) is 4.09. The van der Waals surface area contributed by atoms with Crippen molar-refractivity contribution in [3.8, 4) is 11.6 Å². The Bertz CT molecular complexity index is 1180. The number of para-hydroxylation sites is 2. The van der Waals surface area contributed by atoms with E-state index in [1.807, 2.05) is 30.6 Å². The molecule has 0 N–H and O–H groups in total. The lowest BCUT2D eigenvalue weighted by Crippen LogP contribution is -2.15. The van der Waals surface area contributed by atoms with Crippen molar-refractivity contribution in [3.05, 3.63) is 66.2 Å². The summed E-state index contributed by atoms with van der Waals surface area (Å²) in [6.45, 7) is 2.24. The molecule has 1 aliphatic rings. The van der Waals surface area contributed by atoms with Crippen LogP contribution in [0.4, 0.5) is 11.5 Å². The molecule has 1 aliphatic heterocycles. The Morgan fingerprint density at radius 3 is 2.71 bits per heavy atom. The van der Waals surface area contributed by atoms with Gasteiger partial charge < -0.3 is 9.64 Å². The minimum Gasteiger partial charge on any atom is -0.497 e. The first kappa shape index (κ1) is 16.7. The molecule has 0 spiro atoms. The van der Waals surface area contributed by atoms with Gasteiger partial charge in [0.2, 0.25) is 0 Å². The van der Waals surface area contributed by atoms with E-state index in [0.717, 1.165) is 46.1 Å². The van der Waals surface area contributed by atoms with Gasteiger partial charge in [-0.3, -0.25) is 4.57 Å². The van der Waals surface area contributed by atoms with Gasteiger partial charge in [-0.25, -0.2) is 15.0 Å². The van der Waals surface area contributed by atoms with E-state index in [1.54, 1.807) is 13.4 Å². The van der Waals surface area contributed by atoms with Gasteiger partial charge in [0.15, 0.2) is 0 Å². The number of rotatable bonds is 2. The fraction of sp³-hybridized carbons (Fsp3) is 0.227. The van der Waals surface area contributed by atoms with Crippen molar-refractivity contribution in [2.24, 2.45) is 0 Å². The van der Waals surface area contributed by atoms with Gasteiger partial charge in [-0.1, -0.05) is 19.1 Å². The van der Waals surface area contributed by atoms with Crippen LogP contribution in [0.15, 0.2) is 55.1 Å². The summed E-state index contributed by atoms with van der Waals surface area (Å²) in [5.74, 6) is 2.99. The molecule has 0 radical (unpaired) electrons. The molecule has 6 heteroatoms. The van der Waals surface area contributed by atoms with Crippen molar-refractivity contribution >= 4 is 22.5 Å². The highest BCUT2D eigenvalue weighted by Gasteiger charge is 2.27. The van der Waals surface area contributed by atoms with Crippen LogP contribution in [0.5, 0.6) is 5.75 Å². The second-order valence-corrected chi connectivity index (χ2v) is 7.19. The van der Waals surface area contributed by atoms with E-state index in [4.69, 9.17) is 4.74 Å². The molecule has 140 valence electrons. The van der Waals surface area contributed by atoms with Crippen LogP contribution >= 0.6 is 0 Å². The summed E-state index contributed by atoms with van der Waals surface area (Å²) in [4.78, 5) is 16.0. The van der Waals surface area contributed by atoms with Gasteiger partial charge >= 0.3 is 0 Å². The standard InChI is InChI=1S/C22H21N5O/c1-14-10-17-21(26(2)19-9-8-15(28-3)11-16(14)19)23-12-24-22(17)27-13-25-18-6-4-5-7-20(18)27/h4-9,11-14H,10H2,1-3H3. The lowest BCUT2D eigenvalue weighted by molar-refractivity contribution is 0.414. The molecule has 2 aromatic carbocycles. The predicted octanol–water partition coefficient (Wildman–Crippen LogP) is 4.25. The Morgan fingerprint density at radius 1 is 1.04 bits per heavy atom. The zero-order valence-electron chi connectivity index (χ0n) is 16.1. The van der Waals surface area contributed by atoms with Gasteiger partial charge in [-0.15, -0.1) is 0 Å². The van der Waals surface area contributed by atoms with Gasteiger partial charge in [0, 0.05) is 18.3 Å². The molecule has 28 heavy (non-hydrogen) atoms. The third kappa shape index (κ3) is 2.45. The molecule has 2 aromatic heterocycles. The quantitative estimate of drug-likeness (QED) is 0.527. The SMILES string of the molecule is COc1ccc2c(c1)C(C)Cc1c(ncnc1-n1cnc3ccccc31)N2C. The smallest absolute Gasteiger partial charge is 0.147 e. The van der Waals surface area contributed by atoms with E-state index in [9.17, 15) is 0 Å². The van der Waals surface area contributed by atoms with Crippen LogP contribution in [0.25, 0.3) is 16.9 Å². The first-order chi connectivity index (χ1) is 13.7. The van der Waals surface area contributed by atoms with Gasteiger partial charge in [-0.2, -0.15) is 0 Å². The lowest BCUT2D eigenvalue weighted by Gasteiger charge is -2.22. The van der Waals surface area contributed by atoms with Gasteiger partial charge in [0.1, 0.15) is 30.0 Å². The number of ether oxygens (including phenoxy) is 1. The average Bonchev–Trinajstić information content (AvgIpc) is 3.12. The highest BCUT2D eigenvalue weighted by atomic mass is 16.5. The highest BCUT2D eigenvalue weighted by molar-refractivity contribution is 5.78. The summed E-state index contributed by atoms with van der Waals surface area (Å²) < 4.78 is 7.52. The number of nitrogens with zero attached hydrogens (tertiary/aromatic N) is 5. The van der Waals surface area contributed by atoms with Crippen molar-refractivity contribution in [3.63, 3.8) is 0 Å². The predicted molar refractivity (Wildman–Crippen MR) is 110 cm³/mol. The molecular weight excluding hydrogens is 350 g/mol. The molecule has 6 nitrogen and oxygen atoms in total. The second-order valence-electron chi connectivity index (χ2n) is 7.19. The van der Waals surface area contributed by atoms with E-state index < -0.39 is 0 Å². The minimum atomic E-state index is 0.299. The number of hydrogen-bond donors (Lipinski definition) is 0. The van der Waals surface area contributed by atoms with Crippen molar-refractivity contribution in [1.29, 1.82) is 0 Å². The molecule has 0 saturated carbocycles. The molecule has 1 unspecified atom stereocenters. The van der Waals surface area contributed by atoms with Crippen LogP contribution in [0.3, 0.4) is 0 Å². The number of aromatic nitrogens is 4. The van der Waals surface area contributed by atoms with Crippen LogP contribution in [0.1, 0.15) is 24.0 Å². The largest absolute Gasteiger partial charge is 0.497 e. The highest BCUT2D eigenvalue weighted by Crippen LogP contribution is 2.42. The molecule has 0 bridgehead atoms. The summed E-state index contributed by atoms with van der Waals surface area (Å²) >= 11 is 0. The third-order valence-corrected chi connectivity index (χ3v) is 5.54. The van der Waals surface area contributed by atoms with Gasteiger partial charge in [0.25, 0.3) is 0 Å². The number of methoxy groups -OCH3 is 1. The topological polar surface area (TPSA) is 56.1 Å². The molecule has 1 atom stereocenters. The first-order valence-corrected chi connectivity index (χ1v) is 9.35. The summed E-state index contributed by atoms with van der Waals surface area (Å²) in [5.41, 5.74) is 5.52. The molecule has 3 heterocycles. The lowest BCUT2D eigenvalue weighted by atomic mass is 9.94. The summed E-state index contributed by atoms with van der Waals surface area (Å²) in [7, 11) is 3.76.